The number of halogens is 1. The van der Waals surface area contributed by atoms with Crippen molar-refractivity contribution in [2.75, 3.05) is 26.5 Å². The van der Waals surface area contributed by atoms with Crippen molar-refractivity contribution in [3.05, 3.63) is 59.4 Å². The Morgan fingerprint density at radius 3 is 2.52 bits per heavy atom. The lowest BCUT2D eigenvalue weighted by Crippen LogP contribution is -2.22. The van der Waals surface area contributed by atoms with Gasteiger partial charge in [-0.2, -0.15) is 0 Å². The van der Waals surface area contributed by atoms with Gasteiger partial charge in [0.15, 0.2) is 0 Å². The smallest absolute Gasteiger partial charge is 0.248 e. The van der Waals surface area contributed by atoms with Gasteiger partial charge in [0, 0.05) is 20.2 Å². The van der Waals surface area contributed by atoms with E-state index >= 15 is 0 Å². The van der Waals surface area contributed by atoms with Crippen LogP contribution in [0.5, 0.6) is 5.75 Å². The molecule has 0 aliphatic heterocycles. The lowest BCUT2D eigenvalue weighted by molar-refractivity contribution is -0.111. The first-order chi connectivity index (χ1) is 12.6. The van der Waals surface area contributed by atoms with Crippen LogP contribution in [0.2, 0.25) is 0 Å². The molecule has 0 aliphatic rings. The molecule has 0 spiro atoms. The first kappa shape index (κ1) is 20.6. The topological polar surface area (TPSA) is 75.7 Å². The van der Waals surface area contributed by atoms with Crippen molar-refractivity contribution >= 4 is 27.7 Å². The third-order valence-electron chi connectivity index (χ3n) is 3.75. The maximum absolute atomic E-state index is 13.7. The van der Waals surface area contributed by atoms with Gasteiger partial charge in [-0.05, 0) is 48.4 Å². The number of aryl methyl sites for hydroxylation is 1. The maximum Gasteiger partial charge on any atom is 0.248 e. The van der Waals surface area contributed by atoms with Crippen molar-refractivity contribution in [3.63, 3.8) is 0 Å². The zero-order valence-electron chi connectivity index (χ0n) is 15.5. The SMILES string of the molecule is COc1ccc(/C=C/C(=O)Nc2cc(C)ccc2F)cc1S(=O)(=O)N(C)C. The van der Waals surface area contributed by atoms with E-state index in [1.165, 1.54) is 57.6 Å². The number of ether oxygens (including phenoxy) is 1. The lowest BCUT2D eigenvalue weighted by Gasteiger charge is -2.15. The maximum atomic E-state index is 13.7. The van der Waals surface area contributed by atoms with Crippen molar-refractivity contribution in [2.24, 2.45) is 0 Å². The highest BCUT2D eigenvalue weighted by atomic mass is 32.2. The van der Waals surface area contributed by atoms with E-state index in [1.807, 2.05) is 0 Å². The summed E-state index contributed by atoms with van der Waals surface area (Å²) in [7, 11) is 0.499. The first-order valence-electron chi connectivity index (χ1n) is 8.01. The number of benzene rings is 2. The second kappa shape index (κ2) is 8.32. The molecule has 0 aliphatic carbocycles. The molecule has 144 valence electrons. The van der Waals surface area contributed by atoms with Gasteiger partial charge in [0.2, 0.25) is 15.9 Å². The molecule has 2 aromatic carbocycles. The molecular weight excluding hydrogens is 371 g/mol. The Kier molecular flexibility index (Phi) is 6.35. The molecule has 2 rings (SSSR count). The van der Waals surface area contributed by atoms with Crippen molar-refractivity contribution in [3.8, 4) is 5.75 Å². The molecule has 0 fully saturated rings. The molecular formula is C19H21FN2O4S. The van der Waals surface area contributed by atoms with Gasteiger partial charge in [0.25, 0.3) is 0 Å². The van der Waals surface area contributed by atoms with Crippen LogP contribution in [0.3, 0.4) is 0 Å². The summed E-state index contributed by atoms with van der Waals surface area (Å²) >= 11 is 0. The van der Waals surface area contributed by atoms with E-state index < -0.39 is 21.7 Å². The van der Waals surface area contributed by atoms with Gasteiger partial charge in [-0.15, -0.1) is 0 Å². The summed E-state index contributed by atoms with van der Waals surface area (Å²) in [6.07, 6.45) is 2.65. The predicted molar refractivity (Wildman–Crippen MR) is 103 cm³/mol. The normalized spacial score (nSPS) is 11.8. The highest BCUT2D eigenvalue weighted by molar-refractivity contribution is 7.89. The molecule has 1 amide bonds. The van der Waals surface area contributed by atoms with E-state index in [9.17, 15) is 17.6 Å². The number of hydrogen-bond acceptors (Lipinski definition) is 4. The summed E-state index contributed by atoms with van der Waals surface area (Å²) in [5.41, 5.74) is 1.37. The summed E-state index contributed by atoms with van der Waals surface area (Å²) in [5, 5.41) is 2.46. The number of carbonyl (C=O) groups excluding carboxylic acids is 1. The van der Waals surface area contributed by atoms with Crippen LogP contribution in [-0.2, 0) is 14.8 Å². The number of nitrogens with zero attached hydrogens (tertiary/aromatic N) is 1. The van der Waals surface area contributed by atoms with Crippen molar-refractivity contribution in [2.45, 2.75) is 11.8 Å². The average molecular weight is 392 g/mol. The second-order valence-corrected chi connectivity index (χ2v) is 8.12. The third-order valence-corrected chi connectivity index (χ3v) is 5.59. The number of sulfonamides is 1. The summed E-state index contributed by atoms with van der Waals surface area (Å²) in [5.74, 6) is -0.870. The number of hydrogen-bond donors (Lipinski definition) is 1. The fourth-order valence-corrected chi connectivity index (χ4v) is 3.36. The molecule has 0 saturated heterocycles. The number of rotatable bonds is 6. The van der Waals surface area contributed by atoms with Crippen LogP contribution in [0.1, 0.15) is 11.1 Å². The number of amides is 1. The van der Waals surface area contributed by atoms with E-state index in [0.29, 0.717) is 5.56 Å². The minimum Gasteiger partial charge on any atom is -0.495 e. The molecule has 27 heavy (non-hydrogen) atoms. The molecule has 0 aromatic heterocycles. The molecule has 0 saturated carbocycles. The van der Waals surface area contributed by atoms with Gasteiger partial charge in [-0.25, -0.2) is 17.1 Å². The van der Waals surface area contributed by atoms with E-state index in [0.717, 1.165) is 9.87 Å². The van der Waals surface area contributed by atoms with Crippen LogP contribution in [0, 0.1) is 12.7 Å². The zero-order valence-corrected chi connectivity index (χ0v) is 16.3. The molecule has 1 N–H and O–H groups in total. The van der Waals surface area contributed by atoms with Gasteiger partial charge >= 0.3 is 0 Å². The van der Waals surface area contributed by atoms with Crippen LogP contribution < -0.4 is 10.1 Å². The van der Waals surface area contributed by atoms with Gasteiger partial charge in [0.05, 0.1) is 12.8 Å². The van der Waals surface area contributed by atoms with E-state index in [-0.39, 0.29) is 16.3 Å². The quantitative estimate of drug-likeness (QED) is 0.767. The van der Waals surface area contributed by atoms with Gasteiger partial charge in [-0.1, -0.05) is 12.1 Å². The molecule has 0 atom stereocenters. The van der Waals surface area contributed by atoms with E-state index in [4.69, 9.17) is 4.74 Å². The van der Waals surface area contributed by atoms with Gasteiger partial charge in [0.1, 0.15) is 16.5 Å². The summed E-state index contributed by atoms with van der Waals surface area (Å²) in [6.45, 7) is 1.79. The van der Waals surface area contributed by atoms with Crippen LogP contribution in [0.15, 0.2) is 47.4 Å². The largest absolute Gasteiger partial charge is 0.495 e. The minimum atomic E-state index is -3.72. The molecule has 0 heterocycles. The zero-order chi connectivity index (χ0) is 20.2. The Morgan fingerprint density at radius 1 is 1.19 bits per heavy atom. The van der Waals surface area contributed by atoms with Crippen LogP contribution in [-0.4, -0.2) is 39.8 Å². The van der Waals surface area contributed by atoms with Crippen LogP contribution in [0.25, 0.3) is 6.08 Å². The van der Waals surface area contributed by atoms with Gasteiger partial charge in [-0.3, -0.25) is 4.79 Å². The predicted octanol–water partition coefficient (Wildman–Crippen LogP) is 3.04. The number of carbonyl (C=O) groups is 1. The van der Waals surface area contributed by atoms with E-state index in [2.05, 4.69) is 5.32 Å². The highest BCUT2D eigenvalue weighted by Gasteiger charge is 2.22. The molecule has 8 heteroatoms. The van der Waals surface area contributed by atoms with Crippen molar-refractivity contribution in [1.82, 2.24) is 4.31 Å². The number of anilines is 1. The Morgan fingerprint density at radius 2 is 1.89 bits per heavy atom. The Hall–Kier alpha value is -2.71. The number of methoxy groups -OCH3 is 1. The van der Waals surface area contributed by atoms with Gasteiger partial charge < -0.3 is 10.1 Å². The second-order valence-electron chi connectivity index (χ2n) is 6.00. The van der Waals surface area contributed by atoms with Crippen LogP contribution >= 0.6 is 0 Å². The Bertz CT molecular complexity index is 985. The average Bonchev–Trinajstić information content (AvgIpc) is 2.62. The Labute approximate surface area is 158 Å². The van der Waals surface area contributed by atoms with Crippen LogP contribution in [0.4, 0.5) is 10.1 Å². The lowest BCUT2D eigenvalue weighted by atomic mass is 10.2. The standard InChI is InChI=1S/C19H21FN2O4S/c1-13-5-8-15(20)16(11-13)21-19(23)10-7-14-6-9-17(26-4)18(12-14)27(24,25)22(2)3/h5-12H,1-4H3,(H,21,23)/b10-7+. The summed E-state index contributed by atoms with van der Waals surface area (Å²) in [4.78, 5) is 12.0. The monoisotopic (exact) mass is 392 g/mol. The van der Waals surface area contributed by atoms with Crippen molar-refractivity contribution in [1.29, 1.82) is 0 Å². The Balaban J connectivity index is 2.26. The fraction of sp³-hybridized carbons (Fsp3) is 0.211. The minimum absolute atomic E-state index is 0.0118. The molecule has 0 unspecified atom stereocenters. The van der Waals surface area contributed by atoms with E-state index in [1.54, 1.807) is 19.1 Å². The molecule has 6 nitrogen and oxygen atoms in total. The highest BCUT2D eigenvalue weighted by Crippen LogP contribution is 2.27. The fourth-order valence-electron chi connectivity index (χ4n) is 2.28. The molecule has 0 radical (unpaired) electrons. The third kappa shape index (κ3) is 4.93. The molecule has 2 aromatic rings. The molecule has 0 bridgehead atoms. The summed E-state index contributed by atoms with van der Waals surface area (Å²) < 4.78 is 44.7. The van der Waals surface area contributed by atoms with Crippen molar-refractivity contribution < 1.29 is 22.3 Å². The number of nitrogens with one attached hydrogen (secondary N) is 1. The first-order valence-corrected chi connectivity index (χ1v) is 9.45. The summed E-state index contributed by atoms with van der Waals surface area (Å²) in [6, 6.07) is 8.93.